The molecule has 0 amide bonds. The first-order valence-corrected chi connectivity index (χ1v) is 13.5. The molecule has 0 saturated carbocycles. The van der Waals surface area contributed by atoms with Gasteiger partial charge in [0.15, 0.2) is 0 Å². The first-order valence-electron chi connectivity index (χ1n) is 12.0. The Hall–Kier alpha value is -1.67. The highest BCUT2D eigenvalue weighted by molar-refractivity contribution is 7.86. The van der Waals surface area contributed by atoms with E-state index in [4.69, 9.17) is 0 Å². The summed E-state index contributed by atoms with van der Waals surface area (Å²) in [6.07, 6.45) is -11.6. The highest BCUT2D eigenvalue weighted by Gasteiger charge is 2.97. The van der Waals surface area contributed by atoms with Gasteiger partial charge in [0.2, 0.25) is 6.17 Å². The van der Waals surface area contributed by atoms with Gasteiger partial charge in [-0.25, -0.2) is 26.0 Å². The van der Waals surface area contributed by atoms with E-state index in [-0.39, 0.29) is 0 Å². The summed E-state index contributed by atoms with van der Waals surface area (Å²) in [7, 11) is -7.65. The summed E-state index contributed by atoms with van der Waals surface area (Å²) in [5.74, 6) is -80.0. The Kier molecular flexibility index (Phi) is 14.1. The zero-order chi connectivity index (χ0) is 39.1. The van der Waals surface area contributed by atoms with Crippen LogP contribution in [0.25, 0.3) is 0 Å². The van der Waals surface area contributed by atoms with Crippen LogP contribution < -0.4 is 0 Å². The van der Waals surface area contributed by atoms with Crippen LogP contribution in [-0.2, 0) is 10.1 Å². The Balaban J connectivity index is 0. The molecule has 27 heteroatoms. The first-order chi connectivity index (χ1) is 20.3. The maximum atomic E-state index is 13.5. The van der Waals surface area contributed by atoms with E-state index in [2.05, 4.69) is 27.7 Å². The third kappa shape index (κ3) is 7.30. The molecule has 4 nitrogen and oxygen atoms in total. The van der Waals surface area contributed by atoms with E-state index >= 15 is 0 Å². The fourth-order valence-electron chi connectivity index (χ4n) is 3.40. The number of nitrogens with zero attached hydrogens (tertiary/aromatic N) is 1. The second-order valence-corrected chi connectivity index (χ2v) is 10.8. The topological polar surface area (TPSA) is 57.2 Å². The fourth-order valence-corrected chi connectivity index (χ4v) is 3.91. The molecule has 0 N–H and O–H groups in total. The second kappa shape index (κ2) is 13.9. The average Bonchev–Trinajstić information content (AvgIpc) is 2.92. The van der Waals surface area contributed by atoms with Crippen molar-refractivity contribution >= 4 is 10.1 Å². The molecule has 286 valence electrons. The lowest BCUT2D eigenvalue weighted by Gasteiger charge is -2.45. The summed E-state index contributed by atoms with van der Waals surface area (Å²) in [6, 6.07) is 0. The van der Waals surface area contributed by atoms with Gasteiger partial charge >= 0.3 is 53.3 Å². The van der Waals surface area contributed by atoms with Crippen LogP contribution in [0.15, 0.2) is 0 Å². The van der Waals surface area contributed by atoms with Gasteiger partial charge in [-0.3, -0.25) is 0 Å². The van der Waals surface area contributed by atoms with Crippen molar-refractivity contribution in [2.75, 3.05) is 26.2 Å². The minimum Gasteiger partial charge on any atom is -0.746 e. The van der Waals surface area contributed by atoms with Gasteiger partial charge in [-0.1, -0.05) is 0 Å². The molecule has 0 saturated heterocycles. The van der Waals surface area contributed by atoms with E-state index < -0.39 is 81.5 Å². The van der Waals surface area contributed by atoms with Gasteiger partial charge in [-0.15, -0.1) is 0 Å². The van der Waals surface area contributed by atoms with Crippen LogP contribution in [0.4, 0.5) is 96.6 Å². The van der Waals surface area contributed by atoms with E-state index in [1.54, 1.807) is 0 Å². The van der Waals surface area contributed by atoms with E-state index in [1.807, 2.05) is 0 Å². The van der Waals surface area contributed by atoms with E-state index in [0.29, 0.717) is 0 Å². The van der Waals surface area contributed by atoms with Crippen molar-refractivity contribution < 1.29 is 114 Å². The van der Waals surface area contributed by atoms with Crippen LogP contribution in [-0.4, -0.2) is 115 Å². The molecule has 2 atom stereocenters. The van der Waals surface area contributed by atoms with Crippen molar-refractivity contribution in [2.24, 2.45) is 0 Å². The average molecular weight is 775 g/mol. The third-order valence-electron chi connectivity index (χ3n) is 6.99. The van der Waals surface area contributed by atoms with Crippen molar-refractivity contribution in [3.63, 3.8) is 0 Å². The molecular weight excluding hydrogens is 752 g/mol. The number of rotatable bonds is 16. The maximum Gasteiger partial charge on any atom is 0.385 e. The van der Waals surface area contributed by atoms with E-state index in [0.717, 1.165) is 0 Å². The molecule has 0 spiro atoms. The Morgan fingerprint density at radius 3 is 0.851 bits per heavy atom. The molecule has 0 bridgehead atoms. The predicted molar refractivity (Wildman–Crippen MR) is 112 cm³/mol. The van der Waals surface area contributed by atoms with Crippen LogP contribution in [0.2, 0.25) is 0 Å². The monoisotopic (exact) mass is 775 g/mol. The van der Waals surface area contributed by atoms with E-state index in [9.17, 15) is 110 Å². The van der Waals surface area contributed by atoms with Gasteiger partial charge in [0.1, 0.15) is 10.1 Å². The maximum absolute atomic E-state index is 13.5. The molecule has 0 aliphatic carbocycles. The van der Waals surface area contributed by atoms with Gasteiger partial charge in [-0.2, -0.15) is 79.0 Å². The molecule has 0 heterocycles. The molecule has 0 aliphatic rings. The van der Waals surface area contributed by atoms with Crippen molar-refractivity contribution in [1.82, 2.24) is 0 Å². The third-order valence-corrected chi connectivity index (χ3v) is 7.80. The van der Waals surface area contributed by atoms with Crippen LogP contribution >= 0.6 is 0 Å². The number of hydrogen-bond acceptors (Lipinski definition) is 3. The zero-order valence-electron chi connectivity index (χ0n) is 23.5. The molecule has 0 rings (SSSR count). The lowest BCUT2D eigenvalue weighted by molar-refractivity contribution is -0.921. The lowest BCUT2D eigenvalue weighted by Crippen LogP contribution is -2.77. The Bertz CT molecular complexity index is 1120. The highest BCUT2D eigenvalue weighted by Crippen LogP contribution is 2.66. The lowest BCUT2D eigenvalue weighted by atomic mass is 9.86. The van der Waals surface area contributed by atoms with E-state index in [1.165, 1.54) is 30.7 Å². The van der Waals surface area contributed by atoms with Crippen LogP contribution in [0.1, 0.15) is 27.7 Å². The van der Waals surface area contributed by atoms with Crippen molar-refractivity contribution in [3.05, 3.63) is 0 Å². The number of quaternary nitrogens is 1. The Morgan fingerprint density at radius 2 is 0.681 bits per heavy atom. The SMILES string of the molecule is CC[N+](CC)(CC)CC.O=S(=O)([O-])C(F)C(F)(F)C(F)(F)C(F)(F)C(F)(F)C(F)(F)C(F)(F)C(F)(F)C(F)(F)C(F)(F)C(F)C(F)F. The smallest absolute Gasteiger partial charge is 0.385 e. The number of halogens is 22. The fraction of sp³-hybridized carbons (Fsp3) is 1.00. The zero-order valence-corrected chi connectivity index (χ0v) is 24.3. The van der Waals surface area contributed by atoms with Gasteiger partial charge in [0.05, 0.1) is 26.2 Å². The largest absolute Gasteiger partial charge is 0.746 e. The summed E-state index contributed by atoms with van der Waals surface area (Å²) < 4.78 is 320. The van der Waals surface area contributed by atoms with Crippen molar-refractivity contribution in [3.8, 4) is 0 Å². The van der Waals surface area contributed by atoms with Crippen LogP contribution in [0, 0.1) is 0 Å². The van der Waals surface area contributed by atoms with Crippen molar-refractivity contribution in [1.29, 1.82) is 0 Å². The molecule has 0 aromatic rings. The van der Waals surface area contributed by atoms with Crippen LogP contribution in [0.3, 0.4) is 0 Å². The van der Waals surface area contributed by atoms with Crippen molar-refractivity contribution in [2.45, 2.75) is 99.1 Å². The normalized spacial score (nSPS) is 16.9. The molecular formula is C20H23F22NO3S. The second-order valence-electron chi connectivity index (χ2n) is 9.42. The van der Waals surface area contributed by atoms with Crippen LogP contribution in [0.5, 0.6) is 0 Å². The number of alkyl halides is 22. The molecule has 47 heavy (non-hydrogen) atoms. The Labute approximate surface area is 250 Å². The van der Waals surface area contributed by atoms with Gasteiger partial charge in [0, 0.05) is 0 Å². The van der Waals surface area contributed by atoms with Gasteiger partial charge in [-0.05, 0) is 27.7 Å². The molecule has 0 radical (unpaired) electrons. The molecule has 0 aromatic carbocycles. The predicted octanol–water partition coefficient (Wildman–Crippen LogP) is 8.03. The minimum absolute atomic E-state index is 1.28. The Morgan fingerprint density at radius 1 is 0.468 bits per heavy atom. The van der Waals surface area contributed by atoms with Gasteiger partial charge in [0.25, 0.3) is 11.9 Å². The highest BCUT2D eigenvalue weighted by atomic mass is 32.2. The summed E-state index contributed by atoms with van der Waals surface area (Å²) in [4.78, 5) is 0. The summed E-state index contributed by atoms with van der Waals surface area (Å²) in [5, 5.41) is 0. The van der Waals surface area contributed by atoms with Gasteiger partial charge < -0.3 is 9.04 Å². The quantitative estimate of drug-likeness (QED) is 0.0907. The molecule has 0 aromatic heterocycles. The summed E-state index contributed by atoms with van der Waals surface area (Å²) in [6.45, 7) is 14.2. The summed E-state index contributed by atoms with van der Waals surface area (Å²) in [5.41, 5.74) is -6.30. The standard InChI is InChI=1S/C12H4F22O3S.C8H20N/c13-1(2(14)15)4(17,18)6(21,22)8(25,26)10(29,30)12(33,34)11(31,32)9(27,28)7(23,24)5(19,20)3(16)38(35,36)37;1-5-9(6-2,7-3)8-4/h1-3H,(H,35,36,37);5-8H2,1-4H3/q;+1/p-1. The first kappa shape index (κ1) is 47.4. The number of hydrogen-bond donors (Lipinski definition) is 0. The summed E-state index contributed by atoms with van der Waals surface area (Å²) >= 11 is 0. The minimum atomic E-state index is -9.40. The molecule has 0 fully saturated rings. The molecule has 2 unspecified atom stereocenters. The molecule has 0 aliphatic heterocycles.